The first-order valence-electron chi connectivity index (χ1n) is 9.04. The van der Waals surface area contributed by atoms with Crippen molar-refractivity contribution in [1.29, 1.82) is 0 Å². The van der Waals surface area contributed by atoms with Crippen LogP contribution in [0, 0.1) is 13.8 Å². The van der Waals surface area contributed by atoms with Gasteiger partial charge < -0.3 is 23.5 Å². The summed E-state index contributed by atoms with van der Waals surface area (Å²) in [6.07, 6.45) is 0. The van der Waals surface area contributed by atoms with Gasteiger partial charge in [-0.2, -0.15) is 0 Å². The van der Waals surface area contributed by atoms with Crippen LogP contribution >= 0.6 is 15.9 Å². The second-order valence-electron chi connectivity index (χ2n) is 6.65. The lowest BCUT2D eigenvalue weighted by molar-refractivity contribution is 0.0474. The SMILES string of the molecule is COCC(C)n1c(C)cc(C(=O)COC(=O)c2cc(OC)c(Br)c(OC)c2)c1C. The number of Topliss-reactive ketones (excluding diaryl/α,β-unsaturated/α-hetero) is 1. The van der Waals surface area contributed by atoms with Crippen molar-refractivity contribution in [3.05, 3.63) is 45.2 Å². The third-order valence-electron chi connectivity index (χ3n) is 4.65. The quantitative estimate of drug-likeness (QED) is 0.407. The Morgan fingerprint density at radius 2 is 1.66 bits per heavy atom. The molecule has 0 N–H and O–H groups in total. The number of carbonyl (C=O) groups excluding carboxylic acids is 2. The monoisotopic (exact) mass is 467 g/mol. The van der Waals surface area contributed by atoms with Gasteiger partial charge in [0, 0.05) is 24.1 Å². The number of ketones is 1. The van der Waals surface area contributed by atoms with E-state index in [0.29, 0.717) is 28.1 Å². The number of ether oxygens (including phenoxy) is 4. The first-order valence-corrected chi connectivity index (χ1v) is 9.83. The smallest absolute Gasteiger partial charge is 0.338 e. The number of aromatic nitrogens is 1. The number of hydrogen-bond acceptors (Lipinski definition) is 6. The lowest BCUT2D eigenvalue weighted by atomic mass is 10.1. The molecular weight excluding hydrogens is 442 g/mol. The first-order chi connectivity index (χ1) is 13.7. The van der Waals surface area contributed by atoms with Gasteiger partial charge in [-0.3, -0.25) is 4.79 Å². The van der Waals surface area contributed by atoms with Gasteiger partial charge in [0.2, 0.25) is 5.78 Å². The van der Waals surface area contributed by atoms with Crippen LogP contribution in [0.1, 0.15) is 45.1 Å². The molecule has 0 bridgehead atoms. The molecule has 2 rings (SSSR count). The molecule has 0 aliphatic carbocycles. The molecule has 158 valence electrons. The highest BCUT2D eigenvalue weighted by molar-refractivity contribution is 9.10. The molecule has 0 amide bonds. The van der Waals surface area contributed by atoms with Crippen molar-refractivity contribution in [2.75, 3.05) is 34.5 Å². The molecule has 1 unspecified atom stereocenters. The molecule has 2 aromatic rings. The van der Waals surface area contributed by atoms with Crippen LogP contribution in [-0.2, 0) is 9.47 Å². The Balaban J connectivity index is 2.16. The van der Waals surface area contributed by atoms with E-state index in [1.54, 1.807) is 7.11 Å². The van der Waals surface area contributed by atoms with Crippen molar-refractivity contribution in [2.24, 2.45) is 0 Å². The molecule has 0 radical (unpaired) electrons. The van der Waals surface area contributed by atoms with E-state index in [9.17, 15) is 9.59 Å². The lowest BCUT2D eigenvalue weighted by Crippen LogP contribution is -2.17. The molecule has 0 saturated carbocycles. The molecule has 0 fully saturated rings. The first kappa shape index (κ1) is 23.0. The summed E-state index contributed by atoms with van der Waals surface area (Å²) < 4.78 is 23.6. The van der Waals surface area contributed by atoms with Crippen molar-refractivity contribution < 1.29 is 28.5 Å². The molecule has 29 heavy (non-hydrogen) atoms. The van der Waals surface area contributed by atoms with E-state index in [1.807, 2.05) is 31.4 Å². The number of aryl methyl sites for hydroxylation is 1. The predicted molar refractivity (Wildman–Crippen MR) is 112 cm³/mol. The van der Waals surface area contributed by atoms with Crippen molar-refractivity contribution in [1.82, 2.24) is 4.57 Å². The van der Waals surface area contributed by atoms with Crippen LogP contribution in [0.25, 0.3) is 0 Å². The maximum absolute atomic E-state index is 12.7. The van der Waals surface area contributed by atoms with Gasteiger partial charge in [0.1, 0.15) is 16.0 Å². The summed E-state index contributed by atoms with van der Waals surface area (Å²) in [5.74, 6) is -0.0426. The van der Waals surface area contributed by atoms with Crippen molar-refractivity contribution in [3.63, 3.8) is 0 Å². The Hall–Kier alpha value is -2.32. The van der Waals surface area contributed by atoms with E-state index in [4.69, 9.17) is 18.9 Å². The van der Waals surface area contributed by atoms with Crippen LogP contribution in [0.4, 0.5) is 0 Å². The Kier molecular flexibility index (Phi) is 7.87. The number of halogens is 1. The standard InChI is InChI=1S/C21H26BrNO6/c1-12-7-16(14(3)23(12)13(2)10-26-4)17(24)11-29-21(25)15-8-18(27-5)20(22)19(9-15)28-6/h7-9,13H,10-11H2,1-6H3. The zero-order chi connectivity index (χ0) is 21.7. The fourth-order valence-electron chi connectivity index (χ4n) is 3.33. The van der Waals surface area contributed by atoms with Crippen LogP contribution in [0.3, 0.4) is 0 Å². The summed E-state index contributed by atoms with van der Waals surface area (Å²) in [6, 6.07) is 4.95. The molecule has 0 aliphatic heterocycles. The van der Waals surface area contributed by atoms with Crippen molar-refractivity contribution in [2.45, 2.75) is 26.8 Å². The van der Waals surface area contributed by atoms with Crippen LogP contribution in [-0.4, -0.2) is 50.9 Å². The largest absolute Gasteiger partial charge is 0.495 e. The minimum absolute atomic E-state index is 0.0896. The summed E-state index contributed by atoms with van der Waals surface area (Å²) in [5.41, 5.74) is 2.53. The molecule has 7 nitrogen and oxygen atoms in total. The van der Waals surface area contributed by atoms with E-state index >= 15 is 0 Å². The molecular formula is C21H26BrNO6. The van der Waals surface area contributed by atoms with Crippen LogP contribution < -0.4 is 9.47 Å². The van der Waals surface area contributed by atoms with Gasteiger partial charge in [-0.15, -0.1) is 0 Å². The van der Waals surface area contributed by atoms with E-state index in [1.165, 1.54) is 26.4 Å². The number of benzene rings is 1. The molecule has 8 heteroatoms. The highest BCUT2D eigenvalue weighted by Gasteiger charge is 2.21. The second-order valence-corrected chi connectivity index (χ2v) is 7.45. The van der Waals surface area contributed by atoms with E-state index < -0.39 is 5.97 Å². The number of carbonyl (C=O) groups is 2. The maximum atomic E-state index is 12.7. The molecule has 0 spiro atoms. The molecule has 0 saturated heterocycles. The van der Waals surface area contributed by atoms with Crippen molar-refractivity contribution >= 4 is 27.7 Å². The topological polar surface area (TPSA) is 76.0 Å². The third kappa shape index (κ3) is 5.00. The normalized spacial score (nSPS) is 11.8. The Labute approximate surface area is 179 Å². The molecule has 1 heterocycles. The van der Waals surface area contributed by atoms with E-state index in [-0.39, 0.29) is 24.0 Å². The summed E-state index contributed by atoms with van der Waals surface area (Å²) in [7, 11) is 4.61. The average molecular weight is 468 g/mol. The van der Waals surface area contributed by atoms with Gasteiger partial charge in [-0.25, -0.2) is 4.79 Å². The summed E-state index contributed by atoms with van der Waals surface area (Å²) >= 11 is 3.35. The van der Waals surface area contributed by atoms with Crippen LogP contribution in [0.2, 0.25) is 0 Å². The van der Waals surface area contributed by atoms with Crippen LogP contribution in [0.15, 0.2) is 22.7 Å². The Morgan fingerprint density at radius 1 is 1.07 bits per heavy atom. The molecule has 1 atom stereocenters. The fourth-order valence-corrected chi connectivity index (χ4v) is 3.89. The Bertz CT molecular complexity index is 880. The summed E-state index contributed by atoms with van der Waals surface area (Å²) in [4.78, 5) is 25.1. The van der Waals surface area contributed by atoms with Gasteiger partial charge in [-0.05, 0) is 54.9 Å². The molecule has 1 aromatic heterocycles. The van der Waals surface area contributed by atoms with Gasteiger partial charge >= 0.3 is 5.97 Å². The average Bonchev–Trinajstić information content (AvgIpc) is 3.00. The molecule has 0 aliphatic rings. The highest BCUT2D eigenvalue weighted by atomic mass is 79.9. The minimum Gasteiger partial charge on any atom is -0.495 e. The minimum atomic E-state index is -0.635. The van der Waals surface area contributed by atoms with E-state index in [2.05, 4.69) is 15.9 Å². The van der Waals surface area contributed by atoms with Gasteiger partial charge in [0.25, 0.3) is 0 Å². The third-order valence-corrected chi connectivity index (χ3v) is 5.43. The summed E-state index contributed by atoms with van der Waals surface area (Å²) in [5, 5.41) is 0. The van der Waals surface area contributed by atoms with Gasteiger partial charge in [0.05, 0.1) is 32.4 Å². The van der Waals surface area contributed by atoms with Crippen LogP contribution in [0.5, 0.6) is 11.5 Å². The number of nitrogens with zero attached hydrogens (tertiary/aromatic N) is 1. The second kappa shape index (κ2) is 9.93. The predicted octanol–water partition coefficient (Wildman–Crippen LogP) is 4.13. The van der Waals surface area contributed by atoms with Gasteiger partial charge in [0.15, 0.2) is 6.61 Å². The fraction of sp³-hybridized carbons (Fsp3) is 0.429. The zero-order valence-electron chi connectivity index (χ0n) is 17.5. The van der Waals surface area contributed by atoms with Gasteiger partial charge in [-0.1, -0.05) is 0 Å². The zero-order valence-corrected chi connectivity index (χ0v) is 19.1. The Morgan fingerprint density at radius 3 is 2.17 bits per heavy atom. The lowest BCUT2D eigenvalue weighted by Gasteiger charge is -2.17. The van der Waals surface area contributed by atoms with E-state index in [0.717, 1.165) is 11.4 Å². The maximum Gasteiger partial charge on any atom is 0.338 e. The highest BCUT2D eigenvalue weighted by Crippen LogP contribution is 2.35. The number of hydrogen-bond donors (Lipinski definition) is 0. The number of rotatable bonds is 9. The summed E-state index contributed by atoms with van der Waals surface area (Å²) in [6.45, 7) is 6.00. The number of esters is 1. The van der Waals surface area contributed by atoms with Crippen molar-refractivity contribution in [3.8, 4) is 11.5 Å². The molecule has 1 aromatic carbocycles. The number of methoxy groups -OCH3 is 3.